The summed E-state index contributed by atoms with van der Waals surface area (Å²) in [5.41, 5.74) is -3.27. The first-order valence-electron chi connectivity index (χ1n) is 10.5. The first kappa shape index (κ1) is 23.2. The Bertz CT molecular complexity index is 1210. The number of fused-ring (bicyclic) bond motifs is 2. The lowest BCUT2D eigenvalue weighted by atomic mass is 9.68. The molecule has 1 aliphatic rings. The van der Waals surface area contributed by atoms with Gasteiger partial charge in [-0.2, -0.15) is 13.2 Å². The molecule has 0 radical (unpaired) electrons. The smallest absolute Gasteiger partial charge is 0.419 e. The number of benzene rings is 2. The zero-order chi connectivity index (χ0) is 24.1. The lowest BCUT2D eigenvalue weighted by Gasteiger charge is -2.46. The zero-order valence-electron chi connectivity index (χ0n) is 17.8. The maximum absolute atomic E-state index is 14.3. The van der Waals surface area contributed by atoms with Gasteiger partial charge in [0, 0.05) is 28.9 Å². The molecule has 3 unspecified atom stereocenters. The molecule has 0 amide bonds. The number of nitrogens with one attached hydrogen (secondary N) is 1. The highest BCUT2D eigenvalue weighted by Gasteiger charge is 2.62. The van der Waals surface area contributed by atoms with Gasteiger partial charge in [0.1, 0.15) is 11.6 Å². The van der Waals surface area contributed by atoms with Crippen LogP contribution in [0.4, 0.5) is 27.6 Å². The van der Waals surface area contributed by atoms with E-state index in [1.54, 1.807) is 13.8 Å². The van der Waals surface area contributed by atoms with Crippen LogP contribution in [0.2, 0.25) is 0 Å². The maximum atomic E-state index is 14.3. The minimum Gasteiger partial charge on any atom is -0.505 e. The van der Waals surface area contributed by atoms with Crippen LogP contribution in [0.5, 0.6) is 5.75 Å². The SMILES string of the molecule is CCCC1CC(O)(C(F)(F)F)C(Nc2cc(F)cc3nc(C)ncc23)c2ccc(F)c(O)c21. The van der Waals surface area contributed by atoms with E-state index in [-0.39, 0.29) is 34.1 Å². The van der Waals surface area contributed by atoms with Crippen molar-refractivity contribution in [2.24, 2.45) is 0 Å². The number of aliphatic hydroxyl groups is 1. The third-order valence-corrected chi connectivity index (χ3v) is 6.17. The largest absolute Gasteiger partial charge is 0.505 e. The van der Waals surface area contributed by atoms with Crippen molar-refractivity contribution >= 4 is 16.6 Å². The van der Waals surface area contributed by atoms with Gasteiger partial charge in [0.25, 0.3) is 0 Å². The molecule has 1 aromatic heterocycles. The highest BCUT2D eigenvalue weighted by atomic mass is 19.4. The Kier molecular flexibility index (Phi) is 5.68. The Hall–Kier alpha value is -3.01. The summed E-state index contributed by atoms with van der Waals surface area (Å²) in [4.78, 5) is 8.15. The molecule has 1 heterocycles. The van der Waals surface area contributed by atoms with Gasteiger partial charge < -0.3 is 15.5 Å². The van der Waals surface area contributed by atoms with Crippen LogP contribution in [0.1, 0.15) is 55.1 Å². The van der Waals surface area contributed by atoms with Gasteiger partial charge in [-0.15, -0.1) is 0 Å². The molecule has 0 fully saturated rings. The van der Waals surface area contributed by atoms with Gasteiger partial charge in [-0.25, -0.2) is 18.7 Å². The van der Waals surface area contributed by atoms with Gasteiger partial charge in [-0.3, -0.25) is 0 Å². The van der Waals surface area contributed by atoms with E-state index < -0.39 is 47.5 Å². The Morgan fingerprint density at radius 2 is 1.94 bits per heavy atom. The van der Waals surface area contributed by atoms with E-state index in [1.165, 1.54) is 6.20 Å². The first-order chi connectivity index (χ1) is 15.5. The normalized spacial score (nSPS) is 22.9. The minimum absolute atomic E-state index is 0.0103. The highest BCUT2D eigenvalue weighted by molar-refractivity contribution is 5.91. The number of rotatable bonds is 4. The van der Waals surface area contributed by atoms with Crippen molar-refractivity contribution in [1.82, 2.24) is 9.97 Å². The minimum atomic E-state index is -5.07. The molecule has 0 spiro atoms. The van der Waals surface area contributed by atoms with E-state index in [9.17, 15) is 32.2 Å². The monoisotopic (exact) mass is 467 g/mol. The number of nitrogens with zero attached hydrogens (tertiary/aromatic N) is 2. The molecule has 0 aliphatic heterocycles. The van der Waals surface area contributed by atoms with Crippen molar-refractivity contribution in [3.05, 3.63) is 59.0 Å². The van der Waals surface area contributed by atoms with Crippen molar-refractivity contribution in [2.45, 2.75) is 56.8 Å². The summed E-state index contributed by atoms with van der Waals surface area (Å²) in [5, 5.41) is 24.3. The number of alkyl halides is 3. The molecule has 0 bridgehead atoms. The summed E-state index contributed by atoms with van der Waals surface area (Å²) >= 11 is 0. The van der Waals surface area contributed by atoms with Gasteiger partial charge in [-0.1, -0.05) is 19.4 Å². The molecule has 0 saturated carbocycles. The lowest BCUT2D eigenvalue weighted by molar-refractivity contribution is -0.273. The van der Waals surface area contributed by atoms with E-state index in [2.05, 4.69) is 15.3 Å². The second-order valence-corrected chi connectivity index (χ2v) is 8.39. The van der Waals surface area contributed by atoms with Gasteiger partial charge in [0.05, 0.1) is 11.6 Å². The van der Waals surface area contributed by atoms with Crippen molar-refractivity contribution in [3.8, 4) is 5.75 Å². The van der Waals surface area contributed by atoms with E-state index in [0.29, 0.717) is 12.2 Å². The predicted molar refractivity (Wildman–Crippen MR) is 112 cm³/mol. The number of phenols is 1. The van der Waals surface area contributed by atoms with Gasteiger partial charge in [0.2, 0.25) is 0 Å². The number of halogens is 5. The number of hydrogen-bond acceptors (Lipinski definition) is 5. The zero-order valence-corrected chi connectivity index (χ0v) is 17.8. The highest BCUT2D eigenvalue weighted by Crippen LogP contribution is 2.55. The van der Waals surface area contributed by atoms with Crippen LogP contribution in [0, 0.1) is 18.6 Å². The Morgan fingerprint density at radius 3 is 2.61 bits per heavy atom. The Balaban J connectivity index is 1.94. The summed E-state index contributed by atoms with van der Waals surface area (Å²) in [6.45, 7) is 3.33. The number of phenolic OH excluding ortho intramolecular Hbond substituents is 1. The Labute approximate surface area is 186 Å². The maximum Gasteiger partial charge on any atom is 0.419 e. The van der Waals surface area contributed by atoms with Crippen LogP contribution in [0.3, 0.4) is 0 Å². The number of aryl methyl sites for hydroxylation is 1. The molecule has 5 nitrogen and oxygen atoms in total. The van der Waals surface area contributed by atoms with Crippen LogP contribution in [-0.4, -0.2) is 32.0 Å². The number of aromatic nitrogens is 2. The van der Waals surface area contributed by atoms with Crippen molar-refractivity contribution < 1.29 is 32.2 Å². The van der Waals surface area contributed by atoms with Gasteiger partial charge in [-0.05, 0) is 43.4 Å². The fourth-order valence-electron chi connectivity index (χ4n) is 4.67. The summed E-state index contributed by atoms with van der Waals surface area (Å²) in [5.74, 6) is -3.05. The summed E-state index contributed by atoms with van der Waals surface area (Å²) < 4.78 is 71.3. The average Bonchev–Trinajstić information content (AvgIpc) is 2.71. The fraction of sp³-hybridized carbons (Fsp3) is 0.391. The van der Waals surface area contributed by atoms with Crippen LogP contribution >= 0.6 is 0 Å². The van der Waals surface area contributed by atoms with Crippen LogP contribution in [0.15, 0.2) is 30.5 Å². The Morgan fingerprint density at radius 1 is 1.21 bits per heavy atom. The topological polar surface area (TPSA) is 78.3 Å². The lowest BCUT2D eigenvalue weighted by Crippen LogP contribution is -2.55. The van der Waals surface area contributed by atoms with Gasteiger partial charge in [0.15, 0.2) is 17.2 Å². The van der Waals surface area contributed by atoms with E-state index in [0.717, 1.165) is 24.3 Å². The van der Waals surface area contributed by atoms with Crippen LogP contribution in [0.25, 0.3) is 10.9 Å². The van der Waals surface area contributed by atoms with Crippen LogP contribution in [-0.2, 0) is 0 Å². The summed E-state index contributed by atoms with van der Waals surface area (Å²) in [6.07, 6.45) is -3.87. The van der Waals surface area contributed by atoms with Gasteiger partial charge >= 0.3 is 6.18 Å². The standard InChI is InChI=1S/C23H22F5N3O2/c1-3-4-12-9-22(33,23(26,27)28)21(14-5-6-16(25)20(32)19(12)14)31-18-8-13(24)7-17-15(18)10-29-11(2)30-17/h5-8,10,12,21,31-33H,3-4,9H2,1-2H3. The van der Waals surface area contributed by atoms with Crippen molar-refractivity contribution in [1.29, 1.82) is 0 Å². The average molecular weight is 467 g/mol. The molecular weight excluding hydrogens is 445 g/mol. The molecule has 3 aromatic rings. The quantitative estimate of drug-likeness (QED) is 0.432. The first-order valence-corrected chi connectivity index (χ1v) is 10.5. The molecule has 1 aliphatic carbocycles. The molecule has 10 heteroatoms. The second-order valence-electron chi connectivity index (χ2n) is 8.39. The summed E-state index contributed by atoms with van der Waals surface area (Å²) in [6, 6.07) is 2.23. The second kappa shape index (κ2) is 8.09. The molecule has 3 atom stereocenters. The third-order valence-electron chi connectivity index (χ3n) is 6.17. The number of aromatic hydroxyl groups is 1. The van der Waals surface area contributed by atoms with E-state index in [1.807, 2.05) is 0 Å². The predicted octanol–water partition coefficient (Wildman–Crippen LogP) is 5.66. The molecule has 33 heavy (non-hydrogen) atoms. The fourth-order valence-corrected chi connectivity index (χ4v) is 4.67. The molecule has 0 saturated heterocycles. The van der Waals surface area contributed by atoms with Crippen molar-refractivity contribution in [3.63, 3.8) is 0 Å². The number of hydrogen-bond donors (Lipinski definition) is 3. The molecule has 176 valence electrons. The third kappa shape index (κ3) is 3.86. The summed E-state index contributed by atoms with van der Waals surface area (Å²) in [7, 11) is 0. The number of anilines is 1. The molecule has 2 aromatic carbocycles. The molecule has 3 N–H and O–H groups in total. The molecular formula is C23H22F5N3O2. The van der Waals surface area contributed by atoms with E-state index >= 15 is 0 Å². The molecule has 4 rings (SSSR count). The van der Waals surface area contributed by atoms with E-state index in [4.69, 9.17) is 0 Å². The van der Waals surface area contributed by atoms with Crippen LogP contribution < -0.4 is 5.32 Å². The van der Waals surface area contributed by atoms with Crippen molar-refractivity contribution in [2.75, 3.05) is 5.32 Å².